The molecule has 3 aromatic rings. The van der Waals surface area contributed by atoms with E-state index in [1.165, 1.54) is 17.4 Å². The zero-order valence-electron chi connectivity index (χ0n) is 23.4. The molecular weight excluding hydrogens is 560 g/mol. The van der Waals surface area contributed by atoms with Crippen LogP contribution in [0.15, 0.2) is 59.8 Å². The first-order valence-electron chi connectivity index (χ1n) is 14.1. The highest BCUT2D eigenvalue weighted by Crippen LogP contribution is 2.27. The summed E-state index contributed by atoms with van der Waals surface area (Å²) in [6.07, 6.45) is 0.923. The van der Waals surface area contributed by atoms with Crippen LogP contribution in [0.3, 0.4) is 0 Å². The zero-order valence-corrected chi connectivity index (χ0v) is 25.0. The van der Waals surface area contributed by atoms with Gasteiger partial charge >= 0.3 is 0 Å². The summed E-state index contributed by atoms with van der Waals surface area (Å²) < 4.78 is 10.7. The molecule has 1 aromatic heterocycles. The number of piperazine rings is 1. The number of amides is 1. The number of aromatic nitrogens is 2. The number of halogens is 1. The number of carbonyl (C=O) groups excluding carboxylic acids is 1. The molecule has 5 rings (SSSR count). The van der Waals surface area contributed by atoms with E-state index in [0.29, 0.717) is 28.2 Å². The molecule has 0 atom stereocenters. The van der Waals surface area contributed by atoms with Gasteiger partial charge in [0.1, 0.15) is 16.7 Å². The molecular formula is C30H37ClN6O3S. The molecule has 2 saturated heterocycles. The molecule has 0 spiro atoms. The maximum Gasteiger partial charge on any atom is 0.251 e. The molecule has 0 bridgehead atoms. The Morgan fingerprint density at radius 3 is 2.51 bits per heavy atom. The van der Waals surface area contributed by atoms with Gasteiger partial charge in [0.25, 0.3) is 5.91 Å². The lowest BCUT2D eigenvalue weighted by atomic mass is 10.1. The van der Waals surface area contributed by atoms with Crippen LogP contribution >= 0.6 is 23.4 Å². The van der Waals surface area contributed by atoms with E-state index in [9.17, 15) is 4.79 Å². The van der Waals surface area contributed by atoms with Crippen LogP contribution in [-0.4, -0.2) is 93.5 Å². The summed E-state index contributed by atoms with van der Waals surface area (Å²) in [6, 6.07) is 17.7. The standard InChI is InChI=1S/C30H37ClN6O3S/c1-39-26-8-6-25(7-9-26)36-12-14-37(15-13-36)28-21-27(31)33-30(34-28)41-22-23-4-2-5-24(20-23)29(38)32-10-3-11-35-16-18-40-19-17-35/h2,4-9,20-21H,3,10-19,22H2,1H3,(H,32,38). The quantitative estimate of drug-likeness (QED) is 0.151. The number of nitrogens with one attached hydrogen (secondary N) is 1. The van der Waals surface area contributed by atoms with Crippen molar-refractivity contribution in [3.63, 3.8) is 0 Å². The van der Waals surface area contributed by atoms with Gasteiger partial charge in [-0.2, -0.15) is 0 Å². The number of thioether (sulfide) groups is 1. The van der Waals surface area contributed by atoms with Gasteiger partial charge in [-0.15, -0.1) is 0 Å². The summed E-state index contributed by atoms with van der Waals surface area (Å²) in [5, 5.41) is 4.11. The lowest BCUT2D eigenvalue weighted by Gasteiger charge is -2.36. The largest absolute Gasteiger partial charge is 0.497 e. The predicted octanol–water partition coefficient (Wildman–Crippen LogP) is 4.21. The molecule has 9 nitrogen and oxygen atoms in total. The van der Waals surface area contributed by atoms with Crippen LogP contribution in [-0.2, 0) is 10.5 Å². The molecule has 0 unspecified atom stereocenters. The molecule has 2 fully saturated rings. The number of methoxy groups -OCH3 is 1. The summed E-state index contributed by atoms with van der Waals surface area (Å²) in [5.41, 5.74) is 2.89. The first kappa shape index (κ1) is 29.4. The molecule has 11 heteroatoms. The van der Waals surface area contributed by atoms with Crippen molar-refractivity contribution in [3.05, 3.63) is 70.9 Å². The highest BCUT2D eigenvalue weighted by molar-refractivity contribution is 7.98. The first-order chi connectivity index (χ1) is 20.1. The van der Waals surface area contributed by atoms with E-state index in [4.69, 9.17) is 26.1 Å². The Hall–Kier alpha value is -3.05. The minimum atomic E-state index is -0.0473. The van der Waals surface area contributed by atoms with Crippen LogP contribution in [0.2, 0.25) is 5.15 Å². The van der Waals surface area contributed by atoms with Crippen molar-refractivity contribution in [2.45, 2.75) is 17.3 Å². The topological polar surface area (TPSA) is 83.1 Å². The third-order valence-electron chi connectivity index (χ3n) is 7.30. The highest BCUT2D eigenvalue weighted by atomic mass is 35.5. The van der Waals surface area contributed by atoms with Gasteiger partial charge in [-0.3, -0.25) is 9.69 Å². The molecule has 0 radical (unpaired) electrons. The van der Waals surface area contributed by atoms with E-state index in [1.807, 2.05) is 42.5 Å². The SMILES string of the molecule is COc1ccc(N2CCN(c3cc(Cl)nc(SCc4cccc(C(=O)NCCCN5CCOCC5)c4)n3)CC2)cc1. The van der Waals surface area contributed by atoms with E-state index in [1.54, 1.807) is 7.11 Å². The van der Waals surface area contributed by atoms with Gasteiger partial charge in [0.15, 0.2) is 5.16 Å². The molecule has 2 aliphatic rings. The van der Waals surface area contributed by atoms with Gasteiger partial charge < -0.3 is 24.6 Å². The summed E-state index contributed by atoms with van der Waals surface area (Å²) in [4.78, 5) is 29.0. The Labute approximate surface area is 251 Å². The van der Waals surface area contributed by atoms with Crippen molar-refractivity contribution in [2.24, 2.45) is 0 Å². The monoisotopic (exact) mass is 596 g/mol. The Kier molecular flexibility index (Phi) is 10.6. The van der Waals surface area contributed by atoms with Crippen molar-refractivity contribution in [1.82, 2.24) is 20.2 Å². The van der Waals surface area contributed by atoms with Gasteiger partial charge in [-0.1, -0.05) is 35.5 Å². The molecule has 0 saturated carbocycles. The number of benzene rings is 2. The maximum atomic E-state index is 12.7. The Bertz CT molecular complexity index is 1280. The van der Waals surface area contributed by atoms with Crippen LogP contribution in [0.4, 0.5) is 11.5 Å². The minimum absolute atomic E-state index is 0.0473. The van der Waals surface area contributed by atoms with Crippen molar-refractivity contribution in [3.8, 4) is 5.75 Å². The summed E-state index contributed by atoms with van der Waals surface area (Å²) in [5.74, 6) is 2.29. The normalized spacial score (nSPS) is 16.0. The smallest absolute Gasteiger partial charge is 0.251 e. The number of rotatable bonds is 11. The van der Waals surface area contributed by atoms with E-state index >= 15 is 0 Å². The van der Waals surface area contributed by atoms with E-state index in [0.717, 1.165) is 82.6 Å². The van der Waals surface area contributed by atoms with Crippen molar-refractivity contribution < 1.29 is 14.3 Å². The second kappa shape index (κ2) is 14.7. The fourth-order valence-electron chi connectivity index (χ4n) is 4.98. The molecule has 0 aliphatic carbocycles. The Morgan fingerprint density at radius 2 is 1.76 bits per heavy atom. The van der Waals surface area contributed by atoms with Gasteiger partial charge in [-0.05, 0) is 54.9 Å². The number of morpholine rings is 1. The average Bonchev–Trinajstić information content (AvgIpc) is 3.02. The molecule has 3 heterocycles. The molecule has 1 amide bonds. The van der Waals surface area contributed by atoms with Crippen LogP contribution in [0, 0.1) is 0 Å². The average molecular weight is 597 g/mol. The number of ether oxygens (including phenoxy) is 2. The summed E-state index contributed by atoms with van der Waals surface area (Å²) >= 11 is 7.93. The molecule has 1 N–H and O–H groups in total. The van der Waals surface area contributed by atoms with Crippen LogP contribution < -0.4 is 19.9 Å². The van der Waals surface area contributed by atoms with Crippen LogP contribution in [0.5, 0.6) is 5.75 Å². The fourth-order valence-corrected chi connectivity index (χ4v) is 6.00. The minimum Gasteiger partial charge on any atom is -0.497 e. The van der Waals surface area contributed by atoms with E-state index in [2.05, 4.69) is 37.1 Å². The van der Waals surface area contributed by atoms with Gasteiger partial charge in [0, 0.05) is 68.9 Å². The van der Waals surface area contributed by atoms with Gasteiger partial charge in [0.2, 0.25) is 0 Å². The third kappa shape index (κ3) is 8.48. The van der Waals surface area contributed by atoms with Crippen molar-refractivity contribution in [2.75, 3.05) is 82.5 Å². The number of hydrogen-bond donors (Lipinski definition) is 1. The number of anilines is 2. The summed E-state index contributed by atoms with van der Waals surface area (Å²) in [6.45, 7) is 8.60. The number of hydrogen-bond acceptors (Lipinski definition) is 9. The highest BCUT2D eigenvalue weighted by Gasteiger charge is 2.20. The second-order valence-corrected chi connectivity index (χ2v) is 11.4. The Balaban J connectivity index is 1.11. The third-order valence-corrected chi connectivity index (χ3v) is 8.41. The van der Waals surface area contributed by atoms with Crippen LogP contribution in [0.1, 0.15) is 22.3 Å². The van der Waals surface area contributed by atoms with Crippen molar-refractivity contribution in [1.29, 1.82) is 0 Å². The van der Waals surface area contributed by atoms with E-state index in [-0.39, 0.29) is 5.91 Å². The predicted molar refractivity (Wildman–Crippen MR) is 165 cm³/mol. The second-order valence-electron chi connectivity index (χ2n) is 10.1. The van der Waals surface area contributed by atoms with Crippen molar-refractivity contribution >= 4 is 40.8 Å². The zero-order chi connectivity index (χ0) is 28.4. The van der Waals surface area contributed by atoms with E-state index < -0.39 is 0 Å². The summed E-state index contributed by atoms with van der Waals surface area (Å²) in [7, 11) is 1.68. The maximum absolute atomic E-state index is 12.7. The Morgan fingerprint density at radius 1 is 1.00 bits per heavy atom. The molecule has 2 aliphatic heterocycles. The fraction of sp³-hybridized carbons (Fsp3) is 0.433. The van der Waals surface area contributed by atoms with Crippen LogP contribution in [0.25, 0.3) is 0 Å². The number of nitrogens with zero attached hydrogens (tertiary/aromatic N) is 5. The lowest BCUT2D eigenvalue weighted by Crippen LogP contribution is -2.46. The molecule has 2 aromatic carbocycles. The molecule has 41 heavy (non-hydrogen) atoms. The lowest BCUT2D eigenvalue weighted by molar-refractivity contribution is 0.0374. The number of carbonyl (C=O) groups is 1. The molecule has 218 valence electrons. The van der Waals surface area contributed by atoms with Gasteiger partial charge in [0.05, 0.1) is 20.3 Å². The first-order valence-corrected chi connectivity index (χ1v) is 15.4. The van der Waals surface area contributed by atoms with Gasteiger partial charge in [-0.25, -0.2) is 9.97 Å².